The molecular weight excluding hydrogens is 316 g/mol. The Balaban J connectivity index is 1.50. The van der Waals surface area contributed by atoms with Crippen LogP contribution in [0.1, 0.15) is 23.1 Å². The lowest BCUT2D eigenvalue weighted by atomic mass is 10.0. The van der Waals surface area contributed by atoms with E-state index in [1.807, 2.05) is 23.1 Å². The molecule has 5 rings (SSSR count). The predicted octanol–water partition coefficient (Wildman–Crippen LogP) is 3.54. The average Bonchev–Trinajstić information content (AvgIpc) is 3.30. The number of hydrogen-bond donors (Lipinski definition) is 1. The van der Waals surface area contributed by atoms with Crippen LogP contribution in [0.15, 0.2) is 30.3 Å². The molecule has 0 bridgehead atoms. The van der Waals surface area contributed by atoms with Crippen molar-refractivity contribution in [2.24, 2.45) is 0 Å². The molecule has 25 heavy (non-hydrogen) atoms. The second-order valence-electron chi connectivity index (χ2n) is 6.73. The molecular formula is C20H20N2O3. The first-order chi connectivity index (χ1) is 12.3. The molecule has 1 N–H and O–H groups in total. The summed E-state index contributed by atoms with van der Waals surface area (Å²) in [5.41, 5.74) is 5.21. The SMILES string of the molecule is O=C(Nc1c2c(cc3c1OCC3)OCC2)N1CCCc2ccccc21. The lowest BCUT2D eigenvalue weighted by Gasteiger charge is -2.30. The van der Waals surface area contributed by atoms with Gasteiger partial charge in [-0.05, 0) is 30.5 Å². The molecule has 0 aromatic heterocycles. The molecule has 0 radical (unpaired) electrons. The molecule has 0 atom stereocenters. The number of benzene rings is 2. The van der Waals surface area contributed by atoms with Gasteiger partial charge in [-0.1, -0.05) is 18.2 Å². The number of aryl methyl sites for hydroxylation is 1. The van der Waals surface area contributed by atoms with Crippen LogP contribution in [0.3, 0.4) is 0 Å². The minimum atomic E-state index is -0.0925. The number of nitrogens with one attached hydrogen (secondary N) is 1. The van der Waals surface area contributed by atoms with E-state index < -0.39 is 0 Å². The van der Waals surface area contributed by atoms with Crippen LogP contribution in [0, 0.1) is 0 Å². The van der Waals surface area contributed by atoms with Gasteiger partial charge in [0, 0.05) is 36.2 Å². The van der Waals surface area contributed by atoms with Crippen LogP contribution in [0.4, 0.5) is 16.2 Å². The summed E-state index contributed by atoms with van der Waals surface area (Å²) in [7, 11) is 0. The maximum absolute atomic E-state index is 13.0. The first-order valence-corrected chi connectivity index (χ1v) is 8.92. The molecule has 0 aliphatic carbocycles. The molecule has 0 unspecified atom stereocenters. The van der Waals surface area contributed by atoms with Gasteiger partial charge in [0.2, 0.25) is 0 Å². The van der Waals surface area contributed by atoms with Gasteiger partial charge in [0.05, 0.1) is 18.9 Å². The Morgan fingerprint density at radius 1 is 1.04 bits per heavy atom. The number of rotatable bonds is 1. The van der Waals surface area contributed by atoms with Crippen LogP contribution < -0.4 is 19.7 Å². The van der Waals surface area contributed by atoms with Crippen molar-refractivity contribution in [3.8, 4) is 11.5 Å². The number of urea groups is 1. The highest BCUT2D eigenvalue weighted by Gasteiger charge is 2.30. The number of para-hydroxylation sites is 1. The predicted molar refractivity (Wildman–Crippen MR) is 96.0 cm³/mol. The fraction of sp³-hybridized carbons (Fsp3) is 0.350. The maximum atomic E-state index is 13.0. The van der Waals surface area contributed by atoms with Crippen molar-refractivity contribution in [2.45, 2.75) is 25.7 Å². The van der Waals surface area contributed by atoms with Gasteiger partial charge in [0.1, 0.15) is 11.5 Å². The molecule has 2 aromatic carbocycles. The molecule has 0 spiro atoms. The number of ether oxygens (including phenoxy) is 2. The maximum Gasteiger partial charge on any atom is 0.326 e. The third kappa shape index (κ3) is 2.34. The number of carbonyl (C=O) groups excluding carboxylic acids is 1. The fourth-order valence-electron chi connectivity index (χ4n) is 4.04. The molecule has 3 aliphatic rings. The molecule has 5 heteroatoms. The van der Waals surface area contributed by atoms with Gasteiger partial charge in [0.25, 0.3) is 0 Å². The van der Waals surface area contributed by atoms with Gasteiger partial charge in [-0.2, -0.15) is 0 Å². The summed E-state index contributed by atoms with van der Waals surface area (Å²) >= 11 is 0. The Morgan fingerprint density at radius 2 is 1.92 bits per heavy atom. The Bertz CT molecular complexity index is 830. The van der Waals surface area contributed by atoms with Crippen LogP contribution in [-0.4, -0.2) is 25.8 Å². The highest BCUT2D eigenvalue weighted by molar-refractivity contribution is 6.04. The van der Waals surface area contributed by atoms with Gasteiger partial charge in [-0.15, -0.1) is 0 Å². The van der Waals surface area contributed by atoms with Crippen LogP contribution in [0.2, 0.25) is 0 Å². The van der Waals surface area contributed by atoms with Crippen molar-refractivity contribution in [1.29, 1.82) is 0 Å². The molecule has 2 amide bonds. The molecule has 0 saturated heterocycles. The normalized spacial score (nSPS) is 17.2. The van der Waals surface area contributed by atoms with Crippen LogP contribution in [0.5, 0.6) is 11.5 Å². The summed E-state index contributed by atoms with van der Waals surface area (Å²) in [5, 5.41) is 3.14. The van der Waals surface area contributed by atoms with Crippen molar-refractivity contribution in [3.05, 3.63) is 47.0 Å². The van der Waals surface area contributed by atoms with Gasteiger partial charge < -0.3 is 14.8 Å². The van der Waals surface area contributed by atoms with Crippen molar-refractivity contribution in [1.82, 2.24) is 0 Å². The molecule has 3 aliphatic heterocycles. The lowest BCUT2D eigenvalue weighted by Crippen LogP contribution is -2.38. The molecule has 0 fully saturated rings. The minimum Gasteiger partial charge on any atom is -0.493 e. The summed E-state index contributed by atoms with van der Waals surface area (Å²) in [6, 6.07) is 10.1. The quantitative estimate of drug-likeness (QED) is 0.866. The first-order valence-electron chi connectivity index (χ1n) is 8.92. The smallest absolute Gasteiger partial charge is 0.326 e. The Hall–Kier alpha value is -2.69. The fourth-order valence-corrected chi connectivity index (χ4v) is 4.04. The number of carbonyl (C=O) groups is 1. The summed E-state index contributed by atoms with van der Waals surface area (Å²) in [6.45, 7) is 2.05. The summed E-state index contributed by atoms with van der Waals surface area (Å²) in [4.78, 5) is 14.9. The zero-order valence-corrected chi connectivity index (χ0v) is 14.0. The number of fused-ring (bicyclic) bond motifs is 3. The summed E-state index contributed by atoms with van der Waals surface area (Å²) < 4.78 is 11.6. The molecule has 5 nitrogen and oxygen atoms in total. The van der Waals surface area contributed by atoms with Gasteiger partial charge in [-0.25, -0.2) is 4.79 Å². The van der Waals surface area contributed by atoms with E-state index in [9.17, 15) is 4.79 Å². The van der Waals surface area contributed by atoms with E-state index in [0.717, 1.165) is 66.2 Å². The third-order valence-corrected chi connectivity index (χ3v) is 5.24. The van der Waals surface area contributed by atoms with Crippen molar-refractivity contribution in [2.75, 3.05) is 30.0 Å². The van der Waals surface area contributed by atoms with Crippen LogP contribution >= 0.6 is 0 Å². The lowest BCUT2D eigenvalue weighted by molar-refractivity contribution is 0.256. The number of anilines is 2. The molecule has 2 aromatic rings. The summed E-state index contributed by atoms with van der Waals surface area (Å²) in [6.07, 6.45) is 3.67. The topological polar surface area (TPSA) is 50.8 Å². The molecule has 3 heterocycles. The highest BCUT2D eigenvalue weighted by Crippen LogP contribution is 2.44. The van der Waals surface area contributed by atoms with Crippen LogP contribution in [0.25, 0.3) is 0 Å². The third-order valence-electron chi connectivity index (χ3n) is 5.24. The van der Waals surface area contributed by atoms with E-state index in [0.29, 0.717) is 13.2 Å². The van der Waals surface area contributed by atoms with Crippen molar-refractivity contribution < 1.29 is 14.3 Å². The van der Waals surface area contributed by atoms with E-state index in [1.165, 1.54) is 5.56 Å². The van der Waals surface area contributed by atoms with Crippen molar-refractivity contribution in [3.63, 3.8) is 0 Å². The van der Waals surface area contributed by atoms with E-state index in [1.54, 1.807) is 0 Å². The summed E-state index contributed by atoms with van der Waals surface area (Å²) in [5.74, 6) is 1.71. The highest BCUT2D eigenvalue weighted by atomic mass is 16.5. The standard InChI is InChI=1S/C20H20N2O3/c23-20(22-9-3-5-13-4-1-2-6-16(13)22)21-18-15-8-11-24-17(15)12-14-7-10-25-19(14)18/h1-2,4,6,12H,3,5,7-11H2,(H,21,23). The molecule has 0 saturated carbocycles. The van der Waals surface area contributed by atoms with E-state index in [2.05, 4.69) is 17.4 Å². The second kappa shape index (κ2) is 5.69. The average molecular weight is 336 g/mol. The van der Waals surface area contributed by atoms with Gasteiger partial charge in [0.15, 0.2) is 0 Å². The van der Waals surface area contributed by atoms with E-state index >= 15 is 0 Å². The monoisotopic (exact) mass is 336 g/mol. The Labute approximate surface area is 146 Å². The van der Waals surface area contributed by atoms with Gasteiger partial charge >= 0.3 is 6.03 Å². The van der Waals surface area contributed by atoms with Crippen molar-refractivity contribution >= 4 is 17.4 Å². The Kier molecular flexibility index (Phi) is 3.33. The number of hydrogen-bond acceptors (Lipinski definition) is 3. The zero-order chi connectivity index (χ0) is 16.8. The Morgan fingerprint density at radius 3 is 2.88 bits per heavy atom. The van der Waals surface area contributed by atoms with Gasteiger partial charge in [-0.3, -0.25) is 4.90 Å². The first kappa shape index (κ1) is 14.6. The second-order valence-corrected chi connectivity index (χ2v) is 6.73. The number of amides is 2. The largest absolute Gasteiger partial charge is 0.493 e. The van der Waals surface area contributed by atoms with Crippen LogP contribution in [-0.2, 0) is 19.3 Å². The minimum absolute atomic E-state index is 0.0925. The van der Waals surface area contributed by atoms with E-state index in [4.69, 9.17) is 9.47 Å². The number of nitrogens with zero attached hydrogens (tertiary/aromatic N) is 1. The zero-order valence-electron chi connectivity index (χ0n) is 14.0. The van der Waals surface area contributed by atoms with E-state index in [-0.39, 0.29) is 6.03 Å². The molecule has 128 valence electrons.